The molecule has 0 saturated carbocycles. The number of esters is 3. The average Bonchev–Trinajstić information content (AvgIpc) is 3.11. The van der Waals surface area contributed by atoms with Gasteiger partial charge in [-0.3, -0.25) is 38.5 Å². The van der Waals surface area contributed by atoms with Crippen molar-refractivity contribution >= 4 is 70.3 Å². The number of carbonyl (C=O) groups is 8. The minimum atomic E-state index is -1.62. The highest BCUT2D eigenvalue weighted by molar-refractivity contribution is 8.00. The molecule has 3 heterocycles. The van der Waals surface area contributed by atoms with E-state index in [0.29, 0.717) is 0 Å². The molecular formula is C35H31N3O16S. The van der Waals surface area contributed by atoms with Gasteiger partial charge in [-0.15, -0.1) is 11.8 Å². The number of carboxylic acids is 2. The highest BCUT2D eigenvalue weighted by Gasteiger charge is 2.54. The second-order valence-corrected chi connectivity index (χ2v) is 13.0. The number of hydrogen-bond acceptors (Lipinski definition) is 15. The first-order valence-corrected chi connectivity index (χ1v) is 17.1. The number of rotatable bonds is 13. The van der Waals surface area contributed by atoms with Crippen LogP contribution in [0, 0.1) is 6.92 Å². The lowest BCUT2D eigenvalue weighted by molar-refractivity contribution is -0.151. The molecule has 1 saturated heterocycles. The molecule has 0 radical (unpaired) electrons. The maximum absolute atomic E-state index is 14.0. The predicted octanol–water partition coefficient (Wildman–Crippen LogP) is 1.19. The van der Waals surface area contributed by atoms with Gasteiger partial charge in [0.25, 0.3) is 11.8 Å². The molecule has 1 fully saturated rings. The largest absolute Gasteiger partial charge is 0.482 e. The standard InChI is InChI=1S/C35H31N3O16S/c1-14-24(28(44)21-9-10-22(53-16(3)40)30(29(21)52-14)54-17(4)41)31(45)36-25(18-5-7-20(8-6-18)51-12-23(42)43)32(46)37-26-33(47)38-27(35(48)49)19(11-50-15(2)39)13-55-34(26)38/h5-10,25-26,34H,11-13H2,1-4H3,(H,36,45)(H,37,46)(H,42,43)(H,48,49)/t25?,26-,34-/m1/s1. The van der Waals surface area contributed by atoms with Gasteiger partial charge >= 0.3 is 29.8 Å². The van der Waals surface area contributed by atoms with Gasteiger partial charge in [0, 0.05) is 32.1 Å². The lowest BCUT2D eigenvalue weighted by Crippen LogP contribution is -2.71. The van der Waals surface area contributed by atoms with Crippen molar-refractivity contribution in [3.8, 4) is 17.2 Å². The van der Waals surface area contributed by atoms with Crippen LogP contribution in [-0.2, 0) is 38.3 Å². The molecule has 2 aliphatic heterocycles. The lowest BCUT2D eigenvalue weighted by Gasteiger charge is -2.49. The molecule has 0 aliphatic carbocycles. The van der Waals surface area contributed by atoms with E-state index in [4.69, 9.17) is 28.5 Å². The number of nitrogens with zero attached hydrogens (tertiary/aromatic N) is 1. The molecule has 3 aromatic rings. The zero-order valence-corrected chi connectivity index (χ0v) is 30.1. The maximum Gasteiger partial charge on any atom is 0.352 e. The van der Waals surface area contributed by atoms with Crippen molar-refractivity contribution < 1.29 is 71.9 Å². The van der Waals surface area contributed by atoms with Crippen LogP contribution in [0.4, 0.5) is 0 Å². The highest BCUT2D eigenvalue weighted by Crippen LogP contribution is 2.41. The normalized spacial score (nSPS) is 16.6. The van der Waals surface area contributed by atoms with E-state index >= 15 is 0 Å². The third kappa shape index (κ3) is 8.43. The molecule has 288 valence electrons. The molecule has 5 rings (SSSR count). The number of fused-ring (bicyclic) bond motifs is 2. The summed E-state index contributed by atoms with van der Waals surface area (Å²) in [5, 5.41) is 22.7. The molecule has 3 atom stereocenters. The van der Waals surface area contributed by atoms with Gasteiger partial charge in [0.2, 0.25) is 17.1 Å². The van der Waals surface area contributed by atoms with Crippen LogP contribution in [-0.4, -0.2) is 93.1 Å². The van der Waals surface area contributed by atoms with E-state index in [2.05, 4.69) is 10.6 Å². The van der Waals surface area contributed by atoms with Crippen LogP contribution < -0.4 is 30.3 Å². The number of carboxylic acid groups (broad SMARTS) is 2. The molecule has 1 unspecified atom stereocenters. The van der Waals surface area contributed by atoms with Crippen molar-refractivity contribution in [1.29, 1.82) is 0 Å². The number of thioether (sulfide) groups is 1. The summed E-state index contributed by atoms with van der Waals surface area (Å²) in [6.45, 7) is 3.51. The lowest BCUT2D eigenvalue weighted by atomic mass is 10.0. The number of aliphatic carboxylic acids is 2. The van der Waals surface area contributed by atoms with Crippen LogP contribution in [0.3, 0.4) is 0 Å². The van der Waals surface area contributed by atoms with Crippen molar-refractivity contribution in [3.63, 3.8) is 0 Å². The summed E-state index contributed by atoms with van der Waals surface area (Å²) in [6.07, 6.45) is 0. The highest BCUT2D eigenvalue weighted by atomic mass is 32.2. The van der Waals surface area contributed by atoms with Gasteiger partial charge in [-0.05, 0) is 36.8 Å². The Balaban J connectivity index is 1.48. The Morgan fingerprint density at radius 3 is 2.22 bits per heavy atom. The Morgan fingerprint density at radius 2 is 1.62 bits per heavy atom. The average molecular weight is 782 g/mol. The number of carbonyl (C=O) groups excluding carboxylic acids is 6. The van der Waals surface area contributed by atoms with Crippen molar-refractivity contribution in [2.24, 2.45) is 0 Å². The van der Waals surface area contributed by atoms with Crippen molar-refractivity contribution in [1.82, 2.24) is 15.5 Å². The number of nitrogens with one attached hydrogen (secondary N) is 2. The third-order valence-corrected chi connectivity index (χ3v) is 9.33. The van der Waals surface area contributed by atoms with E-state index in [9.17, 15) is 48.3 Å². The van der Waals surface area contributed by atoms with E-state index in [1.807, 2.05) is 0 Å². The SMILES string of the molecule is CC(=O)OCC1=C(C(=O)O)N2C(=O)[C@@H](NC(=O)C(NC(=O)c3c(C)oc4c(OC(C)=O)c(OC(C)=O)ccc4c3=O)c3ccc(OCC(=O)O)cc3)[C@H]2SC1. The van der Waals surface area contributed by atoms with Crippen LogP contribution in [0.25, 0.3) is 11.0 Å². The summed E-state index contributed by atoms with van der Waals surface area (Å²) >= 11 is 1.10. The fourth-order valence-electron chi connectivity index (χ4n) is 5.69. The van der Waals surface area contributed by atoms with Gasteiger partial charge < -0.3 is 44.2 Å². The Morgan fingerprint density at radius 1 is 0.945 bits per heavy atom. The van der Waals surface area contributed by atoms with E-state index in [1.54, 1.807) is 0 Å². The van der Waals surface area contributed by atoms with Gasteiger partial charge in [0.15, 0.2) is 17.9 Å². The summed E-state index contributed by atoms with van der Waals surface area (Å²) in [7, 11) is 0. The summed E-state index contributed by atoms with van der Waals surface area (Å²) in [6, 6.07) is 4.74. The van der Waals surface area contributed by atoms with Crippen LogP contribution in [0.1, 0.15) is 48.5 Å². The van der Waals surface area contributed by atoms with Crippen molar-refractivity contribution in [2.75, 3.05) is 19.0 Å². The topological polar surface area (TPSA) is 271 Å². The van der Waals surface area contributed by atoms with Crippen LogP contribution in [0.2, 0.25) is 0 Å². The molecule has 4 N–H and O–H groups in total. The molecular weight excluding hydrogens is 750 g/mol. The number of benzene rings is 2. The first-order valence-electron chi connectivity index (χ1n) is 16.0. The first-order chi connectivity index (χ1) is 26.0. The fourth-order valence-corrected chi connectivity index (χ4v) is 7.01. The van der Waals surface area contributed by atoms with E-state index in [-0.39, 0.29) is 51.7 Å². The Labute approximate surface area is 313 Å². The first kappa shape index (κ1) is 39.5. The van der Waals surface area contributed by atoms with Crippen molar-refractivity contribution in [2.45, 2.75) is 45.2 Å². The maximum atomic E-state index is 14.0. The summed E-state index contributed by atoms with van der Waals surface area (Å²) < 4.78 is 26.1. The molecule has 19 nitrogen and oxygen atoms in total. The molecule has 0 bridgehead atoms. The van der Waals surface area contributed by atoms with Crippen LogP contribution in [0.15, 0.2) is 56.9 Å². The summed E-state index contributed by atoms with van der Waals surface area (Å²) in [4.78, 5) is 114. The fraction of sp³-hybridized carbons (Fsp3) is 0.286. The van der Waals surface area contributed by atoms with Gasteiger partial charge in [-0.2, -0.15) is 0 Å². The number of ether oxygens (including phenoxy) is 4. The van der Waals surface area contributed by atoms with Crippen LogP contribution in [0.5, 0.6) is 17.2 Å². The molecule has 20 heteroatoms. The number of aryl methyl sites for hydroxylation is 1. The predicted molar refractivity (Wildman–Crippen MR) is 186 cm³/mol. The Bertz CT molecular complexity index is 2250. The van der Waals surface area contributed by atoms with E-state index < -0.39 is 94.1 Å². The number of hydrogen-bond donors (Lipinski definition) is 4. The van der Waals surface area contributed by atoms with Gasteiger partial charge in [-0.25, -0.2) is 9.59 Å². The second-order valence-electron chi connectivity index (χ2n) is 11.9. The molecule has 2 aliphatic rings. The smallest absolute Gasteiger partial charge is 0.352 e. The van der Waals surface area contributed by atoms with Gasteiger partial charge in [0.1, 0.15) is 46.8 Å². The molecule has 0 spiro atoms. The van der Waals surface area contributed by atoms with Gasteiger partial charge in [-0.1, -0.05) is 12.1 Å². The molecule has 55 heavy (non-hydrogen) atoms. The van der Waals surface area contributed by atoms with Gasteiger partial charge in [0.05, 0.1) is 5.39 Å². The molecule has 2 aromatic carbocycles. The van der Waals surface area contributed by atoms with E-state index in [0.717, 1.165) is 43.5 Å². The molecule has 1 aromatic heterocycles. The van der Waals surface area contributed by atoms with Crippen LogP contribution >= 0.6 is 11.8 Å². The number of amides is 3. The Kier molecular flexibility index (Phi) is 11.6. The third-order valence-electron chi connectivity index (χ3n) is 7.99. The summed E-state index contributed by atoms with van der Waals surface area (Å²) in [5.74, 6) is -8.61. The minimum Gasteiger partial charge on any atom is -0.482 e. The monoisotopic (exact) mass is 781 g/mol. The zero-order valence-electron chi connectivity index (χ0n) is 29.3. The second kappa shape index (κ2) is 16.1. The summed E-state index contributed by atoms with van der Waals surface area (Å²) in [5.41, 5.74) is -1.93. The minimum absolute atomic E-state index is 0.0479. The van der Waals surface area contributed by atoms with E-state index in [1.165, 1.54) is 37.3 Å². The molecule has 3 amide bonds. The zero-order chi connectivity index (χ0) is 40.3. The quantitative estimate of drug-likeness (QED) is 0.108. The Hall–Kier alpha value is -6.70. The number of β-lactam (4-membered cyclic amide) rings is 1. The van der Waals surface area contributed by atoms with Crippen molar-refractivity contribution in [3.05, 3.63) is 74.8 Å².